The molecular formula is C11H13F2NO3. The predicted molar refractivity (Wildman–Crippen MR) is 57.9 cm³/mol. The fourth-order valence-electron chi connectivity index (χ4n) is 1.21. The molecule has 0 aliphatic heterocycles. The van der Waals surface area contributed by atoms with Gasteiger partial charge in [0.05, 0.1) is 24.5 Å². The van der Waals surface area contributed by atoms with Gasteiger partial charge < -0.3 is 15.2 Å². The summed E-state index contributed by atoms with van der Waals surface area (Å²) < 4.78 is 31.2. The Balaban J connectivity index is 2.98. The quantitative estimate of drug-likeness (QED) is 0.790. The molecule has 0 aromatic heterocycles. The van der Waals surface area contributed by atoms with Gasteiger partial charge in [-0.15, -0.1) is 0 Å². The minimum atomic E-state index is -1.27. The van der Waals surface area contributed by atoms with Crippen LogP contribution in [0.2, 0.25) is 0 Å². The molecule has 0 fully saturated rings. The highest BCUT2D eigenvalue weighted by Crippen LogP contribution is 2.21. The highest BCUT2D eigenvalue weighted by Gasteiger charge is 2.18. The highest BCUT2D eigenvalue weighted by molar-refractivity contribution is 5.90. The van der Waals surface area contributed by atoms with E-state index >= 15 is 0 Å². The molecule has 0 radical (unpaired) electrons. The van der Waals surface area contributed by atoms with Crippen LogP contribution in [0.4, 0.5) is 14.5 Å². The molecule has 0 heterocycles. The molecule has 0 amide bonds. The lowest BCUT2D eigenvalue weighted by Crippen LogP contribution is -2.17. The predicted octanol–water partition coefficient (Wildman–Crippen LogP) is 1.54. The molecule has 0 aliphatic rings. The number of esters is 1. The van der Waals surface area contributed by atoms with E-state index in [0.29, 0.717) is 0 Å². The molecule has 0 saturated heterocycles. The van der Waals surface area contributed by atoms with Crippen molar-refractivity contribution in [2.45, 2.75) is 13.0 Å². The minimum absolute atomic E-state index is 0.0773. The third-order valence-electron chi connectivity index (χ3n) is 2.08. The number of anilines is 1. The third-order valence-corrected chi connectivity index (χ3v) is 2.08. The molecule has 1 atom stereocenters. The Kier molecular flexibility index (Phi) is 4.39. The van der Waals surface area contributed by atoms with Gasteiger partial charge >= 0.3 is 5.97 Å². The molecule has 1 aromatic rings. The van der Waals surface area contributed by atoms with Crippen LogP contribution in [0.15, 0.2) is 12.1 Å². The van der Waals surface area contributed by atoms with Gasteiger partial charge in [-0.25, -0.2) is 13.6 Å². The molecule has 4 nitrogen and oxygen atoms in total. The number of nitrogens with one attached hydrogen (secondary N) is 1. The average Bonchev–Trinajstić information content (AvgIpc) is 2.30. The van der Waals surface area contributed by atoms with Gasteiger partial charge in [-0.2, -0.15) is 0 Å². The van der Waals surface area contributed by atoms with Crippen molar-refractivity contribution in [1.29, 1.82) is 0 Å². The lowest BCUT2D eigenvalue weighted by atomic mass is 10.1. The number of ether oxygens (including phenoxy) is 1. The fraction of sp³-hybridized carbons (Fsp3) is 0.364. The van der Waals surface area contributed by atoms with E-state index in [4.69, 9.17) is 5.11 Å². The number of methoxy groups -OCH3 is 1. The second-order valence-corrected chi connectivity index (χ2v) is 3.51. The minimum Gasteiger partial charge on any atom is -0.465 e. The van der Waals surface area contributed by atoms with Crippen molar-refractivity contribution >= 4 is 11.7 Å². The van der Waals surface area contributed by atoms with Crippen LogP contribution in [0.3, 0.4) is 0 Å². The van der Waals surface area contributed by atoms with E-state index in [2.05, 4.69) is 10.1 Å². The first-order chi connectivity index (χ1) is 7.97. The number of carbonyl (C=O) groups is 1. The van der Waals surface area contributed by atoms with Crippen molar-refractivity contribution in [3.05, 3.63) is 29.3 Å². The maximum Gasteiger partial charge on any atom is 0.340 e. The van der Waals surface area contributed by atoms with E-state index in [1.807, 2.05) is 0 Å². The third kappa shape index (κ3) is 3.13. The lowest BCUT2D eigenvalue weighted by Gasteiger charge is -2.11. The van der Waals surface area contributed by atoms with Crippen molar-refractivity contribution < 1.29 is 23.4 Å². The van der Waals surface area contributed by atoms with Crippen LogP contribution < -0.4 is 5.32 Å². The van der Waals surface area contributed by atoms with E-state index in [9.17, 15) is 13.6 Å². The maximum atomic E-state index is 13.5. The molecule has 6 heteroatoms. The first kappa shape index (κ1) is 13.4. The van der Waals surface area contributed by atoms with Gasteiger partial charge in [-0.05, 0) is 19.1 Å². The van der Waals surface area contributed by atoms with Gasteiger partial charge in [0.25, 0.3) is 0 Å². The number of rotatable bonds is 4. The largest absolute Gasteiger partial charge is 0.465 e. The first-order valence-corrected chi connectivity index (χ1v) is 4.95. The summed E-state index contributed by atoms with van der Waals surface area (Å²) >= 11 is 0. The second-order valence-electron chi connectivity index (χ2n) is 3.51. The van der Waals surface area contributed by atoms with Crippen molar-refractivity contribution in [2.24, 2.45) is 0 Å². The van der Waals surface area contributed by atoms with Crippen molar-refractivity contribution in [2.75, 3.05) is 19.0 Å². The van der Waals surface area contributed by atoms with Gasteiger partial charge in [0.15, 0.2) is 11.6 Å². The van der Waals surface area contributed by atoms with E-state index in [1.54, 1.807) is 0 Å². The summed E-state index contributed by atoms with van der Waals surface area (Å²) in [5.41, 5.74) is -0.580. The Labute approximate surface area is 97.2 Å². The normalized spacial score (nSPS) is 12.1. The smallest absolute Gasteiger partial charge is 0.340 e. The van der Waals surface area contributed by atoms with Gasteiger partial charge in [0, 0.05) is 6.54 Å². The Morgan fingerprint density at radius 1 is 1.47 bits per heavy atom. The van der Waals surface area contributed by atoms with Crippen LogP contribution in [0.25, 0.3) is 0 Å². The summed E-state index contributed by atoms with van der Waals surface area (Å²) in [6.45, 7) is 1.58. The lowest BCUT2D eigenvalue weighted by molar-refractivity contribution is 0.0594. The topological polar surface area (TPSA) is 58.6 Å². The van der Waals surface area contributed by atoms with E-state index in [1.165, 1.54) is 13.0 Å². The van der Waals surface area contributed by atoms with Crippen molar-refractivity contribution in [1.82, 2.24) is 0 Å². The fourth-order valence-corrected chi connectivity index (χ4v) is 1.21. The molecule has 1 unspecified atom stereocenters. The Morgan fingerprint density at radius 2 is 2.12 bits per heavy atom. The molecule has 2 N–H and O–H groups in total. The molecule has 1 rings (SSSR count). The van der Waals surface area contributed by atoms with E-state index in [-0.39, 0.29) is 12.2 Å². The Bertz CT molecular complexity index is 421. The highest BCUT2D eigenvalue weighted by atomic mass is 19.2. The number of aliphatic hydroxyl groups excluding tert-OH is 1. The molecule has 94 valence electrons. The van der Waals surface area contributed by atoms with Gasteiger partial charge in [0.2, 0.25) is 0 Å². The summed E-state index contributed by atoms with van der Waals surface area (Å²) in [4.78, 5) is 11.1. The van der Waals surface area contributed by atoms with Crippen LogP contribution in [-0.2, 0) is 4.74 Å². The van der Waals surface area contributed by atoms with Gasteiger partial charge in [-0.1, -0.05) is 0 Å². The Hall–Kier alpha value is -1.69. The van der Waals surface area contributed by atoms with E-state index in [0.717, 1.165) is 13.2 Å². The summed E-state index contributed by atoms with van der Waals surface area (Å²) in [6.07, 6.45) is -0.697. The second kappa shape index (κ2) is 5.58. The van der Waals surface area contributed by atoms with Gasteiger partial charge in [0.1, 0.15) is 0 Å². The van der Waals surface area contributed by atoms with Crippen LogP contribution in [0, 0.1) is 11.6 Å². The van der Waals surface area contributed by atoms with Crippen molar-refractivity contribution in [3.63, 3.8) is 0 Å². The summed E-state index contributed by atoms with van der Waals surface area (Å²) in [5, 5.41) is 11.5. The number of halogens is 2. The Morgan fingerprint density at radius 3 is 2.65 bits per heavy atom. The van der Waals surface area contributed by atoms with Crippen molar-refractivity contribution in [3.8, 4) is 0 Å². The average molecular weight is 245 g/mol. The standard InChI is InChI=1S/C11H13F2NO3/c1-6(15)5-14-8-4-3-7(11(16)17-2)9(12)10(8)13/h3-4,6,14-15H,5H2,1-2H3. The van der Waals surface area contributed by atoms with Gasteiger partial charge in [-0.3, -0.25) is 0 Å². The molecule has 1 aromatic carbocycles. The monoisotopic (exact) mass is 245 g/mol. The molecule has 17 heavy (non-hydrogen) atoms. The molecule has 0 spiro atoms. The molecule has 0 aliphatic carbocycles. The maximum absolute atomic E-state index is 13.5. The number of aliphatic hydroxyl groups is 1. The first-order valence-electron chi connectivity index (χ1n) is 4.95. The molecule has 0 bridgehead atoms. The number of carbonyl (C=O) groups excluding carboxylic acids is 1. The summed E-state index contributed by atoms with van der Waals surface area (Å²) in [6, 6.07) is 2.33. The van der Waals surface area contributed by atoms with Crippen LogP contribution in [0.1, 0.15) is 17.3 Å². The molecular weight excluding hydrogens is 232 g/mol. The molecule has 0 saturated carbocycles. The zero-order chi connectivity index (χ0) is 13.0. The van der Waals surface area contributed by atoms with Crippen LogP contribution in [-0.4, -0.2) is 30.8 Å². The number of hydrogen-bond acceptors (Lipinski definition) is 4. The SMILES string of the molecule is COC(=O)c1ccc(NCC(C)O)c(F)c1F. The van der Waals surface area contributed by atoms with Crippen LogP contribution >= 0.6 is 0 Å². The summed E-state index contributed by atoms with van der Waals surface area (Å²) in [5.74, 6) is -3.38. The number of benzene rings is 1. The zero-order valence-electron chi connectivity index (χ0n) is 9.46. The zero-order valence-corrected chi connectivity index (χ0v) is 9.46. The summed E-state index contributed by atoms with van der Waals surface area (Å²) in [7, 11) is 1.08. The number of hydrogen-bond donors (Lipinski definition) is 2. The van der Waals surface area contributed by atoms with Crippen LogP contribution in [0.5, 0.6) is 0 Å². The van der Waals surface area contributed by atoms with E-state index < -0.39 is 29.3 Å².